The van der Waals surface area contributed by atoms with E-state index in [1.165, 1.54) is 23.5 Å². The molecule has 5 nitrogen and oxygen atoms in total. The van der Waals surface area contributed by atoms with Crippen LogP contribution in [0, 0.1) is 0 Å². The Kier molecular flexibility index (Phi) is 6.91. The molecule has 3 rings (SSSR count). The Hall–Kier alpha value is -2.19. The van der Waals surface area contributed by atoms with Crippen LogP contribution in [0.3, 0.4) is 0 Å². The van der Waals surface area contributed by atoms with E-state index in [4.69, 9.17) is 11.6 Å². The first-order chi connectivity index (χ1) is 14.4. The predicted octanol–water partition coefficient (Wildman–Crippen LogP) is 6.46. The zero-order valence-electron chi connectivity index (χ0n) is 16.0. The zero-order valence-corrected chi connectivity index (χ0v) is 18.4. The Morgan fingerprint density at radius 3 is 2.77 bits per heavy atom. The lowest BCUT2D eigenvalue weighted by atomic mass is 10.0. The number of hydrogen-bond acceptors (Lipinski definition) is 5. The van der Waals surface area contributed by atoms with Gasteiger partial charge in [0.25, 0.3) is 0 Å². The maximum Gasteiger partial charge on any atom is 0.573 e. The van der Waals surface area contributed by atoms with E-state index in [9.17, 15) is 27.4 Å². The van der Waals surface area contributed by atoms with Gasteiger partial charge in [0.1, 0.15) is 11.4 Å². The van der Waals surface area contributed by atoms with Gasteiger partial charge in [0.15, 0.2) is 5.78 Å². The quantitative estimate of drug-likeness (QED) is 0.385. The molecule has 0 aliphatic heterocycles. The molecule has 0 aliphatic rings. The first-order valence-corrected chi connectivity index (χ1v) is 12.2. The van der Waals surface area contributed by atoms with E-state index in [0.717, 1.165) is 29.7 Å². The summed E-state index contributed by atoms with van der Waals surface area (Å²) in [7, 11) is -3.86. The normalized spacial score (nSPS) is 15.2. The third kappa shape index (κ3) is 6.17. The highest BCUT2D eigenvalue weighted by atomic mass is 35.5. The summed E-state index contributed by atoms with van der Waals surface area (Å²) in [5, 5.41) is 2.74. The number of ketones is 1. The molecule has 0 aliphatic carbocycles. The topological polar surface area (TPSA) is 76.5 Å². The molecule has 2 atom stereocenters. The highest BCUT2D eigenvalue weighted by Crippen LogP contribution is 2.55. The smallest absolute Gasteiger partial charge is 0.406 e. The Bertz CT molecular complexity index is 1190. The molecule has 0 spiro atoms. The van der Waals surface area contributed by atoms with Gasteiger partial charge in [0, 0.05) is 35.1 Å². The first kappa shape index (κ1) is 23.5. The summed E-state index contributed by atoms with van der Waals surface area (Å²) < 4.78 is 54.2. The molecule has 1 N–H and O–H groups in total. The summed E-state index contributed by atoms with van der Waals surface area (Å²) in [4.78, 5) is 27.0. The molecule has 3 aromatic rings. The minimum Gasteiger partial charge on any atom is -0.406 e. The number of fused-ring (bicyclic) bond motifs is 1. The summed E-state index contributed by atoms with van der Waals surface area (Å²) >= 11 is 7.37. The van der Waals surface area contributed by atoms with Crippen LogP contribution in [0.15, 0.2) is 48.0 Å². The van der Waals surface area contributed by atoms with Gasteiger partial charge in [-0.3, -0.25) is 14.3 Å². The van der Waals surface area contributed by atoms with Gasteiger partial charge in [0.2, 0.25) is 7.37 Å². The van der Waals surface area contributed by atoms with Crippen molar-refractivity contribution in [2.75, 3.05) is 6.66 Å². The monoisotopic (exact) mass is 489 g/mol. The molecule has 164 valence electrons. The number of Topliss-reactive ketones (excluding diaryl/α,β-unsaturated/α-hetero) is 1. The Balaban J connectivity index is 1.82. The maximum absolute atomic E-state index is 12.9. The number of carbonyl (C=O) groups excluding carboxylic acids is 1. The lowest BCUT2D eigenvalue weighted by molar-refractivity contribution is -0.274. The number of carbonyl (C=O) groups is 1. The van der Waals surface area contributed by atoms with Crippen molar-refractivity contribution in [1.29, 1.82) is 0 Å². The highest BCUT2D eigenvalue weighted by molar-refractivity contribution is 7.58. The molecule has 31 heavy (non-hydrogen) atoms. The fourth-order valence-electron chi connectivity index (χ4n) is 3.06. The number of thiophene rings is 1. The van der Waals surface area contributed by atoms with E-state index in [0.29, 0.717) is 16.0 Å². The number of rotatable bonds is 7. The van der Waals surface area contributed by atoms with Crippen LogP contribution in [0.4, 0.5) is 13.2 Å². The average Bonchev–Trinajstić information content (AvgIpc) is 3.02. The van der Waals surface area contributed by atoms with Crippen molar-refractivity contribution in [2.24, 2.45) is 0 Å². The van der Waals surface area contributed by atoms with Crippen LogP contribution in [0.25, 0.3) is 16.2 Å². The van der Waals surface area contributed by atoms with Crippen molar-refractivity contribution in [3.8, 4) is 5.75 Å². The minimum absolute atomic E-state index is 0.141. The van der Waals surface area contributed by atoms with Gasteiger partial charge >= 0.3 is 6.36 Å². The summed E-state index contributed by atoms with van der Waals surface area (Å²) in [6.45, 7) is 1.12. The number of hydrogen-bond donors (Lipinski definition) is 1. The van der Waals surface area contributed by atoms with E-state index >= 15 is 0 Å². The van der Waals surface area contributed by atoms with Crippen molar-refractivity contribution in [3.05, 3.63) is 64.3 Å². The Morgan fingerprint density at radius 1 is 1.35 bits per heavy atom. The summed E-state index contributed by atoms with van der Waals surface area (Å²) in [5.74, 6) is -0.951. The summed E-state index contributed by atoms with van der Waals surface area (Å²) in [6, 6.07) is 7.23. The second-order valence-corrected chi connectivity index (χ2v) is 10.5. The fraction of sp³-hybridized carbons (Fsp3) is 0.200. The number of nitrogens with zero attached hydrogens (tertiary/aromatic N) is 1. The number of benzene rings is 1. The Morgan fingerprint density at radius 2 is 2.10 bits per heavy atom. The van der Waals surface area contributed by atoms with Crippen LogP contribution in [-0.4, -0.2) is 28.7 Å². The van der Waals surface area contributed by atoms with Crippen molar-refractivity contribution in [3.63, 3.8) is 0 Å². The molecule has 2 aromatic heterocycles. The van der Waals surface area contributed by atoms with Crippen LogP contribution in [0.2, 0.25) is 5.02 Å². The van der Waals surface area contributed by atoms with Crippen LogP contribution >= 0.6 is 30.3 Å². The number of alkyl halides is 3. The first-order valence-electron chi connectivity index (χ1n) is 8.82. The summed E-state index contributed by atoms with van der Waals surface area (Å²) in [5.41, 5.74) is -0.687. The molecule has 0 saturated heterocycles. The maximum atomic E-state index is 12.9. The largest absolute Gasteiger partial charge is 0.573 e. The van der Waals surface area contributed by atoms with Crippen molar-refractivity contribution >= 4 is 52.3 Å². The van der Waals surface area contributed by atoms with Gasteiger partial charge in [-0.25, -0.2) is 0 Å². The standard InChI is InChI=1S/C20H16ClF3NO4PS/c1-30(27,28)19(16-11-31-18-6-5-12(21)9-15(16)18)17(26)4-2-3-13-10-14(7-8-25-13)29-20(22,23)24/h2-3,5-11,19H,4H2,1H3,(H,27,28)/b3-2+. The van der Waals surface area contributed by atoms with Crippen LogP contribution in [0.1, 0.15) is 23.3 Å². The second-order valence-electron chi connectivity index (χ2n) is 6.71. The lowest BCUT2D eigenvalue weighted by Crippen LogP contribution is -2.17. The third-order valence-corrected chi connectivity index (χ3v) is 6.98. The van der Waals surface area contributed by atoms with E-state index in [1.807, 2.05) is 0 Å². The number of aromatic nitrogens is 1. The molecule has 2 heterocycles. The van der Waals surface area contributed by atoms with Crippen LogP contribution in [0.5, 0.6) is 5.75 Å². The highest BCUT2D eigenvalue weighted by Gasteiger charge is 2.35. The Labute approximate surface area is 184 Å². The second kappa shape index (κ2) is 9.12. The van der Waals surface area contributed by atoms with Crippen molar-refractivity contribution in [1.82, 2.24) is 4.98 Å². The summed E-state index contributed by atoms with van der Waals surface area (Å²) in [6.07, 6.45) is -1.18. The number of ether oxygens (including phenoxy) is 1. The molecular formula is C20H16ClF3NO4PS. The number of allylic oxidation sites excluding steroid dienone is 1. The number of halogens is 4. The van der Waals surface area contributed by atoms with Crippen LogP contribution < -0.4 is 4.74 Å². The third-order valence-electron chi connectivity index (χ3n) is 4.24. The molecule has 11 heteroatoms. The minimum atomic E-state index is -4.83. The van der Waals surface area contributed by atoms with E-state index in [1.54, 1.807) is 23.6 Å². The van der Waals surface area contributed by atoms with Gasteiger partial charge in [-0.15, -0.1) is 24.5 Å². The molecule has 2 unspecified atom stereocenters. The molecule has 0 saturated carbocycles. The fourth-order valence-corrected chi connectivity index (χ4v) is 5.66. The van der Waals surface area contributed by atoms with Gasteiger partial charge in [-0.2, -0.15) is 0 Å². The van der Waals surface area contributed by atoms with Gasteiger partial charge in [-0.05, 0) is 46.7 Å². The van der Waals surface area contributed by atoms with Crippen molar-refractivity contribution < 1.29 is 32.2 Å². The van der Waals surface area contributed by atoms with E-state index in [-0.39, 0.29) is 12.1 Å². The molecular weight excluding hydrogens is 474 g/mol. The molecule has 0 fully saturated rings. The van der Waals surface area contributed by atoms with Gasteiger partial charge in [-0.1, -0.05) is 17.7 Å². The molecule has 0 bridgehead atoms. The lowest BCUT2D eigenvalue weighted by Gasteiger charge is -2.18. The average molecular weight is 490 g/mol. The molecule has 1 aromatic carbocycles. The number of pyridine rings is 1. The zero-order chi connectivity index (χ0) is 22.8. The SMILES string of the molecule is CP(=O)(O)C(C(=O)C/C=C/c1cc(OC(F)(F)F)ccn1)c1csc2ccc(Cl)cc12. The molecule has 0 radical (unpaired) electrons. The van der Waals surface area contributed by atoms with E-state index in [2.05, 4.69) is 9.72 Å². The van der Waals surface area contributed by atoms with Crippen LogP contribution in [-0.2, 0) is 9.36 Å². The van der Waals surface area contributed by atoms with Gasteiger partial charge < -0.3 is 9.63 Å². The molecule has 0 amide bonds. The van der Waals surface area contributed by atoms with Gasteiger partial charge in [0.05, 0.1) is 5.69 Å². The van der Waals surface area contributed by atoms with Crippen molar-refractivity contribution in [2.45, 2.75) is 18.4 Å². The predicted molar refractivity (Wildman–Crippen MR) is 115 cm³/mol. The van der Waals surface area contributed by atoms with E-state index < -0.39 is 30.9 Å².